The van der Waals surface area contributed by atoms with Crippen molar-refractivity contribution in [2.24, 2.45) is 4.99 Å². The number of ether oxygens (including phenoxy) is 4. The van der Waals surface area contributed by atoms with Gasteiger partial charge < -0.3 is 24.1 Å². The molecule has 2 heterocycles. The van der Waals surface area contributed by atoms with E-state index in [9.17, 15) is 5.11 Å². The number of fused-ring (bicyclic) bond motifs is 1. The van der Waals surface area contributed by atoms with Gasteiger partial charge in [-0.15, -0.1) is 0 Å². The number of nitrogens with one attached hydrogen (secondary N) is 1. The molecule has 0 saturated carbocycles. The molecular formula is C16H19N3O5. The van der Waals surface area contributed by atoms with E-state index >= 15 is 0 Å². The first kappa shape index (κ1) is 16.7. The number of rotatable bonds is 3. The average Bonchev–Trinajstić information content (AvgIpc) is 3.02. The number of hydrogen-bond acceptors (Lipinski definition) is 7. The molecule has 2 fully saturated rings. The Morgan fingerprint density at radius 1 is 1.33 bits per heavy atom. The fraction of sp³-hybridized carbons (Fsp3) is 0.500. The number of aliphatic hydroxyl groups excluding tert-OH is 1. The second-order valence-electron chi connectivity index (χ2n) is 5.90. The van der Waals surface area contributed by atoms with Crippen LogP contribution in [-0.2, 0) is 14.2 Å². The van der Waals surface area contributed by atoms with Crippen LogP contribution in [0, 0.1) is 11.5 Å². The minimum atomic E-state index is -0.788. The van der Waals surface area contributed by atoms with Crippen molar-refractivity contribution in [3.8, 4) is 11.9 Å². The van der Waals surface area contributed by atoms with E-state index in [-0.39, 0.29) is 12.6 Å². The summed E-state index contributed by atoms with van der Waals surface area (Å²) in [7, 11) is 0. The third-order valence-corrected chi connectivity index (χ3v) is 3.67. The van der Waals surface area contributed by atoms with Gasteiger partial charge in [0.25, 0.3) is 0 Å². The highest BCUT2D eigenvalue weighted by Gasteiger charge is 2.55. The summed E-state index contributed by atoms with van der Waals surface area (Å²) in [6.45, 7) is 3.36. The van der Waals surface area contributed by atoms with Crippen molar-refractivity contribution in [2.75, 3.05) is 6.61 Å². The van der Waals surface area contributed by atoms with Crippen molar-refractivity contribution in [2.45, 2.75) is 44.2 Å². The van der Waals surface area contributed by atoms with E-state index in [4.69, 9.17) is 24.2 Å². The third kappa shape index (κ3) is 3.49. The molecule has 0 amide bonds. The lowest BCUT2D eigenvalue weighted by molar-refractivity contribution is -0.189. The molecule has 8 heteroatoms. The molecule has 4 atom stereocenters. The maximum Gasteiger partial charge on any atom is 0.306 e. The summed E-state index contributed by atoms with van der Waals surface area (Å²) >= 11 is 0. The largest absolute Gasteiger partial charge is 0.425 e. The minimum Gasteiger partial charge on any atom is -0.425 e. The van der Waals surface area contributed by atoms with Crippen LogP contribution in [0.1, 0.15) is 13.8 Å². The highest BCUT2D eigenvalue weighted by atomic mass is 16.8. The van der Waals surface area contributed by atoms with E-state index in [1.54, 1.807) is 44.3 Å². The van der Waals surface area contributed by atoms with Gasteiger partial charge in [-0.2, -0.15) is 10.3 Å². The van der Waals surface area contributed by atoms with Crippen LogP contribution in [0.4, 0.5) is 0 Å². The number of nitriles is 1. The van der Waals surface area contributed by atoms with Crippen molar-refractivity contribution in [3.63, 3.8) is 0 Å². The lowest BCUT2D eigenvalue weighted by Gasteiger charge is -2.22. The normalized spacial score (nSPS) is 31.3. The highest BCUT2D eigenvalue weighted by molar-refractivity contribution is 5.77. The molecule has 0 aliphatic carbocycles. The number of aliphatic hydroxyl groups is 1. The number of nitrogens with zero attached hydrogens (tertiary/aromatic N) is 2. The zero-order valence-electron chi connectivity index (χ0n) is 13.4. The summed E-state index contributed by atoms with van der Waals surface area (Å²) in [5.74, 6) is -0.264. The second kappa shape index (κ2) is 6.75. The molecule has 2 saturated heterocycles. The van der Waals surface area contributed by atoms with E-state index in [0.717, 1.165) is 0 Å². The van der Waals surface area contributed by atoms with Gasteiger partial charge in [0.1, 0.15) is 24.1 Å². The first-order valence-corrected chi connectivity index (χ1v) is 7.60. The summed E-state index contributed by atoms with van der Waals surface area (Å²) in [5.41, 5.74) is 0. The predicted molar refractivity (Wildman–Crippen MR) is 82.8 cm³/mol. The monoisotopic (exact) mass is 333 g/mol. The van der Waals surface area contributed by atoms with E-state index in [0.29, 0.717) is 5.75 Å². The summed E-state index contributed by atoms with van der Waals surface area (Å²) in [6, 6.07) is 8.92. The van der Waals surface area contributed by atoms with Crippen LogP contribution in [0.3, 0.4) is 0 Å². The lowest BCUT2D eigenvalue weighted by Crippen LogP contribution is -2.33. The molecule has 4 unspecified atom stereocenters. The van der Waals surface area contributed by atoms with Gasteiger partial charge in [0.2, 0.25) is 0 Å². The van der Waals surface area contributed by atoms with Gasteiger partial charge in [0.05, 0.1) is 6.61 Å². The van der Waals surface area contributed by atoms with Gasteiger partial charge >= 0.3 is 6.02 Å². The van der Waals surface area contributed by atoms with Crippen molar-refractivity contribution < 1.29 is 24.1 Å². The number of para-hydroxylation sites is 1. The molecule has 0 spiro atoms. The van der Waals surface area contributed by atoms with Crippen LogP contribution in [0.25, 0.3) is 0 Å². The van der Waals surface area contributed by atoms with E-state index in [2.05, 4.69) is 10.3 Å². The molecule has 2 N–H and O–H groups in total. The summed E-state index contributed by atoms with van der Waals surface area (Å²) in [4.78, 5) is 4.29. The smallest absolute Gasteiger partial charge is 0.306 e. The van der Waals surface area contributed by atoms with Gasteiger partial charge in [-0.3, -0.25) is 0 Å². The topological polar surface area (TPSA) is 105 Å². The van der Waals surface area contributed by atoms with Crippen LogP contribution >= 0.6 is 0 Å². The van der Waals surface area contributed by atoms with E-state index in [1.807, 2.05) is 6.07 Å². The molecule has 0 bridgehead atoms. The summed E-state index contributed by atoms with van der Waals surface area (Å²) in [6.07, 6.45) is -0.451. The Balaban J connectivity index is 1.80. The Morgan fingerprint density at radius 3 is 2.71 bits per heavy atom. The van der Waals surface area contributed by atoms with Crippen LogP contribution in [-0.4, -0.2) is 48.1 Å². The van der Waals surface area contributed by atoms with Crippen LogP contribution in [0.2, 0.25) is 0 Å². The number of amidine groups is 1. The zero-order valence-corrected chi connectivity index (χ0v) is 13.4. The number of benzene rings is 1. The van der Waals surface area contributed by atoms with Gasteiger partial charge in [-0.25, -0.2) is 5.32 Å². The first-order valence-electron chi connectivity index (χ1n) is 7.60. The van der Waals surface area contributed by atoms with E-state index in [1.165, 1.54) is 0 Å². The van der Waals surface area contributed by atoms with Gasteiger partial charge in [0, 0.05) is 0 Å². The molecule has 2 aliphatic heterocycles. The molecular weight excluding hydrogens is 314 g/mol. The molecule has 0 radical (unpaired) electrons. The predicted octanol–water partition coefficient (Wildman–Crippen LogP) is 0.729. The number of hydrogen-bond donors (Lipinski definition) is 2. The van der Waals surface area contributed by atoms with Crippen molar-refractivity contribution in [1.29, 1.82) is 5.26 Å². The summed E-state index contributed by atoms with van der Waals surface area (Å²) in [5, 5.41) is 20.8. The minimum absolute atomic E-state index is 0.0145. The quantitative estimate of drug-likeness (QED) is 0.363. The van der Waals surface area contributed by atoms with Crippen LogP contribution in [0.5, 0.6) is 5.75 Å². The average molecular weight is 333 g/mol. The standard InChI is InChI=1S/C16H19N3O5/c1-16(2)23-12-11(8-20)22-14(13(12)24-16)19-15(18-9-17)21-10-6-4-3-5-7-10/h3-7,11-14,20H,8H2,1-2H3,(H,18,19). The van der Waals surface area contributed by atoms with Crippen molar-refractivity contribution in [1.82, 2.24) is 5.32 Å². The Labute approximate surface area is 139 Å². The van der Waals surface area contributed by atoms with Gasteiger partial charge in [0.15, 0.2) is 18.2 Å². The van der Waals surface area contributed by atoms with Gasteiger partial charge in [-0.1, -0.05) is 18.2 Å². The molecule has 1 aromatic carbocycles. The lowest BCUT2D eigenvalue weighted by atomic mass is 10.1. The Bertz CT molecular complexity index is 643. The Kier molecular flexibility index (Phi) is 4.69. The molecule has 1 aromatic rings. The maximum atomic E-state index is 9.47. The number of aliphatic imine (C=N–C) groups is 1. The maximum absolute atomic E-state index is 9.47. The Morgan fingerprint density at radius 2 is 2.04 bits per heavy atom. The second-order valence-corrected chi connectivity index (χ2v) is 5.90. The molecule has 2 aliphatic rings. The fourth-order valence-electron chi connectivity index (χ4n) is 2.76. The third-order valence-electron chi connectivity index (χ3n) is 3.67. The van der Waals surface area contributed by atoms with Crippen molar-refractivity contribution >= 4 is 6.02 Å². The zero-order chi connectivity index (χ0) is 17.2. The van der Waals surface area contributed by atoms with Crippen LogP contribution < -0.4 is 10.1 Å². The summed E-state index contributed by atoms with van der Waals surface area (Å²) < 4.78 is 22.8. The fourth-order valence-corrected chi connectivity index (χ4v) is 2.76. The molecule has 3 rings (SSSR count). The molecule has 24 heavy (non-hydrogen) atoms. The highest BCUT2D eigenvalue weighted by Crippen LogP contribution is 2.39. The first-order chi connectivity index (χ1) is 11.5. The van der Waals surface area contributed by atoms with Crippen molar-refractivity contribution in [3.05, 3.63) is 30.3 Å². The molecule has 128 valence electrons. The molecule has 8 nitrogen and oxygen atoms in total. The SMILES string of the molecule is CC1(C)OC2C(CO)OC(/N=C(\NC#N)Oc3ccccc3)C2O1. The van der Waals surface area contributed by atoms with Gasteiger partial charge in [-0.05, 0) is 26.0 Å². The molecule has 0 aromatic heterocycles. The van der Waals surface area contributed by atoms with Crippen LogP contribution in [0.15, 0.2) is 35.3 Å². The Hall–Kier alpha value is -2.18. The van der Waals surface area contributed by atoms with E-state index < -0.39 is 30.3 Å².